The fourth-order valence-corrected chi connectivity index (χ4v) is 5.89. The summed E-state index contributed by atoms with van der Waals surface area (Å²) in [6.07, 6.45) is 0.305. The number of carbonyl (C=O) groups excluding carboxylic acids is 2. The predicted molar refractivity (Wildman–Crippen MR) is 158 cm³/mol. The first-order chi connectivity index (χ1) is 19.0. The number of anilines is 1. The lowest BCUT2D eigenvalue weighted by Gasteiger charge is -2.33. The maximum absolute atomic E-state index is 14.0. The largest absolute Gasteiger partial charge is 0.497 e. The molecule has 0 aliphatic rings. The van der Waals surface area contributed by atoms with Gasteiger partial charge in [0.05, 0.1) is 27.7 Å². The first-order valence-corrected chi connectivity index (χ1v) is 14.9. The molecule has 40 heavy (non-hydrogen) atoms. The summed E-state index contributed by atoms with van der Waals surface area (Å²) >= 11 is 12.3. The van der Waals surface area contributed by atoms with E-state index in [1.165, 1.54) is 24.1 Å². The van der Waals surface area contributed by atoms with Crippen LogP contribution in [0.3, 0.4) is 0 Å². The number of nitrogens with one attached hydrogen (secondary N) is 1. The summed E-state index contributed by atoms with van der Waals surface area (Å²) < 4.78 is 33.9. The van der Waals surface area contributed by atoms with E-state index in [9.17, 15) is 18.0 Å². The molecule has 1 atom stereocenters. The van der Waals surface area contributed by atoms with Crippen molar-refractivity contribution in [1.82, 2.24) is 10.2 Å². The molecule has 0 aliphatic heterocycles. The number of methoxy groups -OCH3 is 1. The molecule has 8 nitrogen and oxygen atoms in total. The van der Waals surface area contributed by atoms with Crippen LogP contribution < -0.4 is 14.4 Å². The molecule has 0 radical (unpaired) electrons. The highest BCUT2D eigenvalue weighted by molar-refractivity contribution is 7.92. The molecule has 1 N–H and O–H groups in total. The third-order valence-electron chi connectivity index (χ3n) is 6.12. The van der Waals surface area contributed by atoms with Crippen LogP contribution in [0.2, 0.25) is 10.0 Å². The van der Waals surface area contributed by atoms with Crippen molar-refractivity contribution >= 4 is 50.7 Å². The van der Waals surface area contributed by atoms with Crippen LogP contribution in [0.25, 0.3) is 0 Å². The van der Waals surface area contributed by atoms with E-state index < -0.39 is 28.5 Å². The molecular weight excluding hydrogens is 573 g/mol. The first-order valence-electron chi connectivity index (χ1n) is 12.7. The van der Waals surface area contributed by atoms with Gasteiger partial charge in [0.25, 0.3) is 10.0 Å². The monoisotopic (exact) mass is 605 g/mol. The molecule has 3 aromatic rings. The summed E-state index contributed by atoms with van der Waals surface area (Å²) in [4.78, 5) is 28.6. The van der Waals surface area contributed by atoms with Gasteiger partial charge in [0.1, 0.15) is 18.3 Å². The lowest BCUT2D eigenvalue weighted by Crippen LogP contribution is -2.53. The number of hydrogen-bond donors (Lipinski definition) is 1. The SMILES string of the molecule is CC[C@H](C(=O)NC(C)C)N(Cc1ccc(Cl)c(Cl)c1)C(=O)CN(c1ccc(OC)cc1)S(=O)(=O)c1ccccc1. The summed E-state index contributed by atoms with van der Waals surface area (Å²) in [5, 5.41) is 3.52. The van der Waals surface area contributed by atoms with Crippen LogP contribution in [0, 0.1) is 0 Å². The van der Waals surface area contributed by atoms with E-state index in [4.69, 9.17) is 27.9 Å². The Hall–Kier alpha value is -3.27. The number of ether oxygens (including phenoxy) is 1. The molecule has 3 rings (SSSR count). The normalized spacial score (nSPS) is 12.1. The van der Waals surface area contributed by atoms with Gasteiger partial charge < -0.3 is 15.0 Å². The summed E-state index contributed by atoms with van der Waals surface area (Å²) in [5.74, 6) is -0.371. The van der Waals surface area contributed by atoms with Crippen LogP contribution in [0.4, 0.5) is 5.69 Å². The molecule has 3 aromatic carbocycles. The number of benzene rings is 3. The number of carbonyl (C=O) groups is 2. The van der Waals surface area contributed by atoms with Crippen LogP contribution in [0.15, 0.2) is 77.7 Å². The first kappa shape index (κ1) is 31.3. The van der Waals surface area contributed by atoms with Gasteiger partial charge in [0.15, 0.2) is 0 Å². The lowest BCUT2D eigenvalue weighted by atomic mass is 10.1. The fraction of sp³-hybridized carbons (Fsp3) is 0.310. The van der Waals surface area contributed by atoms with Gasteiger partial charge in [-0.25, -0.2) is 8.42 Å². The van der Waals surface area contributed by atoms with Crippen LogP contribution >= 0.6 is 23.2 Å². The van der Waals surface area contributed by atoms with E-state index in [0.29, 0.717) is 27.8 Å². The van der Waals surface area contributed by atoms with E-state index >= 15 is 0 Å². The second kappa shape index (κ2) is 13.9. The second-order valence-corrected chi connectivity index (χ2v) is 12.1. The van der Waals surface area contributed by atoms with Crippen molar-refractivity contribution in [2.75, 3.05) is 18.0 Å². The summed E-state index contributed by atoms with van der Waals surface area (Å²) in [6, 6.07) is 18.2. The van der Waals surface area contributed by atoms with Gasteiger partial charge in [-0.05, 0) is 74.4 Å². The zero-order valence-corrected chi connectivity index (χ0v) is 25.1. The number of rotatable bonds is 12. The van der Waals surface area contributed by atoms with Crippen molar-refractivity contribution in [1.29, 1.82) is 0 Å². The minimum Gasteiger partial charge on any atom is -0.497 e. The Bertz CT molecular complexity index is 1420. The average molecular weight is 607 g/mol. The average Bonchev–Trinajstić information content (AvgIpc) is 2.93. The molecule has 0 saturated carbocycles. The molecule has 0 unspecified atom stereocenters. The van der Waals surface area contributed by atoms with Crippen molar-refractivity contribution in [2.24, 2.45) is 0 Å². The maximum Gasteiger partial charge on any atom is 0.264 e. The molecule has 0 aromatic heterocycles. The Balaban J connectivity index is 2.07. The number of amides is 2. The van der Waals surface area contributed by atoms with Crippen molar-refractivity contribution in [3.63, 3.8) is 0 Å². The van der Waals surface area contributed by atoms with Crippen molar-refractivity contribution in [3.8, 4) is 5.75 Å². The van der Waals surface area contributed by atoms with E-state index in [2.05, 4.69) is 5.32 Å². The lowest BCUT2D eigenvalue weighted by molar-refractivity contribution is -0.140. The maximum atomic E-state index is 14.0. The highest BCUT2D eigenvalue weighted by Crippen LogP contribution is 2.28. The van der Waals surface area contributed by atoms with E-state index in [1.807, 2.05) is 13.8 Å². The predicted octanol–water partition coefficient (Wildman–Crippen LogP) is 5.53. The topological polar surface area (TPSA) is 96.0 Å². The highest BCUT2D eigenvalue weighted by Gasteiger charge is 2.34. The quantitative estimate of drug-likeness (QED) is 0.293. The number of hydrogen-bond acceptors (Lipinski definition) is 5. The van der Waals surface area contributed by atoms with Crippen LogP contribution in [0.1, 0.15) is 32.8 Å². The number of sulfonamides is 1. The van der Waals surface area contributed by atoms with E-state index in [0.717, 1.165) is 4.31 Å². The van der Waals surface area contributed by atoms with Crippen LogP contribution in [0.5, 0.6) is 5.75 Å². The second-order valence-electron chi connectivity index (χ2n) is 9.38. The molecule has 0 aliphatic carbocycles. The Morgan fingerprint density at radius 1 is 0.950 bits per heavy atom. The summed E-state index contributed by atoms with van der Waals surface area (Å²) in [5.41, 5.74) is 0.910. The Morgan fingerprint density at radius 2 is 1.60 bits per heavy atom. The van der Waals surface area contributed by atoms with E-state index in [-0.39, 0.29) is 29.1 Å². The Morgan fingerprint density at radius 3 is 2.15 bits per heavy atom. The zero-order valence-electron chi connectivity index (χ0n) is 22.8. The molecule has 0 spiro atoms. The molecule has 0 bridgehead atoms. The van der Waals surface area contributed by atoms with Gasteiger partial charge in [-0.2, -0.15) is 0 Å². The molecule has 0 fully saturated rings. The van der Waals surface area contributed by atoms with Crippen molar-refractivity contribution < 1.29 is 22.7 Å². The third-order valence-corrected chi connectivity index (χ3v) is 8.65. The molecule has 0 heterocycles. The van der Waals surface area contributed by atoms with Gasteiger partial charge in [0.2, 0.25) is 11.8 Å². The van der Waals surface area contributed by atoms with Gasteiger partial charge in [-0.15, -0.1) is 0 Å². The fourth-order valence-electron chi connectivity index (χ4n) is 4.13. The zero-order chi connectivity index (χ0) is 29.4. The van der Waals surface area contributed by atoms with Gasteiger partial charge in [0, 0.05) is 12.6 Å². The van der Waals surface area contributed by atoms with Gasteiger partial charge in [-0.3, -0.25) is 13.9 Å². The minimum atomic E-state index is -4.15. The van der Waals surface area contributed by atoms with Crippen molar-refractivity contribution in [3.05, 3.63) is 88.4 Å². The molecule has 2 amide bonds. The highest BCUT2D eigenvalue weighted by atomic mass is 35.5. The van der Waals surface area contributed by atoms with E-state index in [1.54, 1.807) is 67.6 Å². The third kappa shape index (κ3) is 7.68. The van der Waals surface area contributed by atoms with Crippen LogP contribution in [-0.4, -0.2) is 50.9 Å². The summed E-state index contributed by atoms with van der Waals surface area (Å²) in [6.45, 7) is 4.92. The van der Waals surface area contributed by atoms with Gasteiger partial charge in [-0.1, -0.05) is 54.4 Å². The Labute approximate surface area is 245 Å². The number of halogens is 2. The minimum absolute atomic E-state index is 0.0155. The molecular formula is C29H33Cl2N3O5S. The molecule has 214 valence electrons. The summed E-state index contributed by atoms with van der Waals surface area (Å²) in [7, 11) is -2.65. The Kier molecular flexibility index (Phi) is 10.8. The number of nitrogens with zero attached hydrogens (tertiary/aromatic N) is 2. The molecule has 11 heteroatoms. The van der Waals surface area contributed by atoms with Gasteiger partial charge >= 0.3 is 0 Å². The van der Waals surface area contributed by atoms with Crippen LogP contribution in [-0.2, 0) is 26.2 Å². The van der Waals surface area contributed by atoms with Crippen molar-refractivity contribution in [2.45, 2.75) is 50.7 Å². The molecule has 0 saturated heterocycles. The smallest absolute Gasteiger partial charge is 0.264 e. The standard InChI is InChI=1S/C29H33Cl2N3O5S/c1-5-27(29(36)32-20(2)3)33(18-21-11-16-25(30)26(31)17-21)28(35)19-34(22-12-14-23(39-4)15-13-22)40(37,38)24-9-7-6-8-10-24/h6-17,20,27H,5,18-19H2,1-4H3,(H,32,36)/t27-/m1/s1.